The highest BCUT2D eigenvalue weighted by Crippen LogP contribution is 2.34. The second kappa shape index (κ2) is 7.37. The van der Waals surface area contributed by atoms with Gasteiger partial charge in [-0.3, -0.25) is 9.88 Å². The minimum atomic E-state index is 0.250. The second-order valence-electron chi connectivity index (χ2n) is 4.26. The molecule has 4 nitrogen and oxygen atoms in total. The average Bonchev–Trinajstić information content (AvgIpc) is 2.72. The summed E-state index contributed by atoms with van der Waals surface area (Å²) in [5.41, 5.74) is 1.21. The molecule has 2 heterocycles. The lowest BCUT2D eigenvalue weighted by atomic mass is 9.96. The number of rotatable bonds is 2. The van der Waals surface area contributed by atoms with Gasteiger partial charge >= 0.3 is 0 Å². The molecule has 2 N–H and O–H groups in total. The Morgan fingerprint density at radius 1 is 1.47 bits per heavy atom. The number of hydrogen-bond donors (Lipinski definition) is 2. The largest absolute Gasteiger partial charge is 0.397 e. The maximum Gasteiger partial charge on any atom is 0.0478 e. The smallest absolute Gasteiger partial charge is 0.0478 e. The van der Waals surface area contributed by atoms with Crippen LogP contribution in [0.3, 0.4) is 0 Å². The van der Waals surface area contributed by atoms with Crippen molar-refractivity contribution in [2.24, 2.45) is 5.92 Å². The van der Waals surface area contributed by atoms with E-state index in [1.54, 1.807) is 13.1 Å². The van der Waals surface area contributed by atoms with Gasteiger partial charge in [0, 0.05) is 37.6 Å². The Labute approximate surface area is 103 Å². The summed E-state index contributed by atoms with van der Waals surface area (Å²) < 4.78 is 0. The van der Waals surface area contributed by atoms with E-state index >= 15 is 0 Å². The highest BCUT2D eigenvalue weighted by atomic mass is 16.3. The number of aromatic nitrogens is 1. The molecule has 0 saturated carbocycles. The fraction of sp³-hybridized carbons (Fsp3) is 0.615. The van der Waals surface area contributed by atoms with Gasteiger partial charge in [0.25, 0.3) is 0 Å². The molecule has 4 heteroatoms. The summed E-state index contributed by atoms with van der Waals surface area (Å²) in [4.78, 5) is 6.41. The van der Waals surface area contributed by atoms with E-state index in [9.17, 15) is 5.11 Å². The van der Waals surface area contributed by atoms with E-state index in [-0.39, 0.29) is 13.2 Å². The summed E-state index contributed by atoms with van der Waals surface area (Å²) in [7, 11) is 2.10. The zero-order valence-corrected chi connectivity index (χ0v) is 10.6. The van der Waals surface area contributed by atoms with Gasteiger partial charge in [0.2, 0.25) is 0 Å². The van der Waals surface area contributed by atoms with Crippen LogP contribution in [-0.2, 0) is 0 Å². The molecular weight excluding hydrogens is 216 g/mol. The Morgan fingerprint density at radius 2 is 2.18 bits per heavy atom. The van der Waals surface area contributed by atoms with Crippen molar-refractivity contribution in [2.75, 3.05) is 26.8 Å². The molecule has 1 aromatic heterocycles. The Bertz CT molecular complexity index is 306. The number of aliphatic hydroxyl groups is 2. The highest BCUT2D eigenvalue weighted by molar-refractivity contribution is 5.16. The standard InChI is InChI=1S/C11H16N2O.C2H6O/c1-13-6-4-10(8-14)11(13)9-3-2-5-12-7-9;1-2-3/h2-3,5,7,10-11,14H,4,6,8H2,1H3;3H,2H2,1H3/t10-,11-;/m1./s1. The molecule has 1 aliphatic rings. The lowest BCUT2D eigenvalue weighted by Gasteiger charge is -2.23. The van der Waals surface area contributed by atoms with E-state index in [2.05, 4.69) is 23.0 Å². The fourth-order valence-electron chi connectivity index (χ4n) is 2.30. The monoisotopic (exact) mass is 238 g/mol. The van der Waals surface area contributed by atoms with E-state index < -0.39 is 0 Å². The molecule has 0 amide bonds. The van der Waals surface area contributed by atoms with Crippen LogP contribution in [0.2, 0.25) is 0 Å². The van der Waals surface area contributed by atoms with E-state index in [0.717, 1.165) is 13.0 Å². The van der Waals surface area contributed by atoms with Gasteiger partial charge in [0.15, 0.2) is 0 Å². The van der Waals surface area contributed by atoms with Gasteiger partial charge in [-0.2, -0.15) is 0 Å². The van der Waals surface area contributed by atoms with Crippen molar-refractivity contribution < 1.29 is 10.2 Å². The molecule has 0 spiro atoms. The topological polar surface area (TPSA) is 56.6 Å². The summed E-state index contributed by atoms with van der Waals surface area (Å²) in [6.45, 7) is 3.26. The van der Waals surface area contributed by atoms with Crippen molar-refractivity contribution in [3.8, 4) is 0 Å². The SMILES string of the molecule is CCO.CN1CC[C@H](CO)[C@H]1c1cccnc1. The molecule has 1 aliphatic heterocycles. The molecular formula is C13H22N2O2. The molecule has 1 fully saturated rings. The van der Waals surface area contributed by atoms with Crippen LogP contribution in [0.4, 0.5) is 0 Å². The zero-order chi connectivity index (χ0) is 12.7. The van der Waals surface area contributed by atoms with E-state index in [4.69, 9.17) is 5.11 Å². The molecule has 96 valence electrons. The predicted octanol–water partition coefficient (Wildman–Crippen LogP) is 1.07. The molecule has 0 radical (unpaired) electrons. The second-order valence-corrected chi connectivity index (χ2v) is 4.26. The number of aliphatic hydroxyl groups excluding tert-OH is 2. The quantitative estimate of drug-likeness (QED) is 0.809. The van der Waals surface area contributed by atoms with Crippen LogP contribution in [0, 0.1) is 5.92 Å². The first kappa shape index (κ1) is 14.1. The molecule has 1 aromatic rings. The zero-order valence-electron chi connectivity index (χ0n) is 10.6. The Balaban J connectivity index is 0.000000437. The van der Waals surface area contributed by atoms with Gasteiger partial charge in [-0.25, -0.2) is 0 Å². The van der Waals surface area contributed by atoms with Gasteiger partial charge in [-0.05, 0) is 38.6 Å². The number of pyridine rings is 1. The molecule has 2 atom stereocenters. The predicted molar refractivity (Wildman–Crippen MR) is 67.6 cm³/mol. The molecule has 0 aliphatic carbocycles. The first-order chi connectivity index (χ1) is 8.24. The van der Waals surface area contributed by atoms with Crippen LogP contribution in [-0.4, -0.2) is 46.9 Å². The molecule has 0 bridgehead atoms. The lowest BCUT2D eigenvalue weighted by molar-refractivity contribution is 0.182. The van der Waals surface area contributed by atoms with E-state index in [1.807, 2.05) is 12.3 Å². The molecule has 0 unspecified atom stereocenters. The summed E-state index contributed by atoms with van der Waals surface area (Å²) in [6.07, 6.45) is 4.76. The van der Waals surface area contributed by atoms with Crippen molar-refractivity contribution in [1.29, 1.82) is 0 Å². The van der Waals surface area contributed by atoms with Crippen LogP contribution in [0.1, 0.15) is 24.9 Å². The Hall–Kier alpha value is -0.970. The summed E-state index contributed by atoms with van der Waals surface area (Å²) in [5, 5.41) is 16.8. The maximum atomic E-state index is 9.27. The lowest BCUT2D eigenvalue weighted by Crippen LogP contribution is -2.22. The summed E-state index contributed by atoms with van der Waals surface area (Å²) >= 11 is 0. The highest BCUT2D eigenvalue weighted by Gasteiger charge is 2.32. The molecule has 1 saturated heterocycles. The third kappa shape index (κ3) is 3.77. The van der Waals surface area contributed by atoms with Crippen molar-refractivity contribution in [3.63, 3.8) is 0 Å². The number of likely N-dealkylation sites (tertiary alicyclic amines) is 1. The van der Waals surface area contributed by atoms with Gasteiger partial charge in [0.1, 0.15) is 0 Å². The van der Waals surface area contributed by atoms with Gasteiger partial charge in [-0.1, -0.05) is 6.07 Å². The molecule has 17 heavy (non-hydrogen) atoms. The van der Waals surface area contributed by atoms with Crippen LogP contribution >= 0.6 is 0 Å². The van der Waals surface area contributed by atoms with Crippen molar-refractivity contribution in [2.45, 2.75) is 19.4 Å². The average molecular weight is 238 g/mol. The Morgan fingerprint density at radius 3 is 2.71 bits per heavy atom. The van der Waals surface area contributed by atoms with Crippen molar-refractivity contribution in [1.82, 2.24) is 9.88 Å². The van der Waals surface area contributed by atoms with Crippen LogP contribution in [0.5, 0.6) is 0 Å². The number of hydrogen-bond acceptors (Lipinski definition) is 4. The van der Waals surface area contributed by atoms with Gasteiger partial charge < -0.3 is 10.2 Å². The summed E-state index contributed by atoms with van der Waals surface area (Å²) in [5.74, 6) is 0.365. The first-order valence-electron chi connectivity index (χ1n) is 6.06. The third-order valence-electron chi connectivity index (χ3n) is 3.03. The van der Waals surface area contributed by atoms with Crippen LogP contribution in [0.15, 0.2) is 24.5 Å². The third-order valence-corrected chi connectivity index (χ3v) is 3.03. The van der Waals surface area contributed by atoms with Crippen molar-refractivity contribution in [3.05, 3.63) is 30.1 Å². The normalized spacial score (nSPS) is 24.2. The minimum absolute atomic E-state index is 0.250. The minimum Gasteiger partial charge on any atom is -0.397 e. The first-order valence-corrected chi connectivity index (χ1v) is 6.06. The van der Waals surface area contributed by atoms with Crippen molar-refractivity contribution >= 4 is 0 Å². The Kier molecular flexibility index (Phi) is 6.11. The molecule has 2 rings (SSSR count). The van der Waals surface area contributed by atoms with E-state index in [1.165, 1.54) is 5.56 Å². The van der Waals surface area contributed by atoms with E-state index in [0.29, 0.717) is 12.0 Å². The molecule has 0 aromatic carbocycles. The van der Waals surface area contributed by atoms with Gasteiger partial charge in [0.05, 0.1) is 0 Å². The van der Waals surface area contributed by atoms with Crippen LogP contribution < -0.4 is 0 Å². The van der Waals surface area contributed by atoms with Gasteiger partial charge in [-0.15, -0.1) is 0 Å². The number of nitrogens with zero attached hydrogens (tertiary/aromatic N) is 2. The fourth-order valence-corrected chi connectivity index (χ4v) is 2.30. The maximum absolute atomic E-state index is 9.27. The summed E-state index contributed by atoms with van der Waals surface area (Å²) in [6, 6.07) is 4.38. The van der Waals surface area contributed by atoms with Crippen LogP contribution in [0.25, 0.3) is 0 Å².